The summed E-state index contributed by atoms with van der Waals surface area (Å²) in [7, 11) is 0. The summed E-state index contributed by atoms with van der Waals surface area (Å²) in [5.74, 6) is -7.70. The smallest absolute Gasteiger partial charge is 0.309 e. The molecule has 0 aromatic heterocycles. The standard InChI is InChI=1S/C53H80N2O12/c1-11-37(47(60)61)39-20-19-32(5)51(64-39)30-48(51,9)44(57)34(7)42(56)38(12-2)43-31(4)29-33(6)52(65-43)25-21-40(55-46(59)45(58)54-28-23-36-17-15-14-16-18-36)53(67-52)27-26-49(10,66-53)41-22-24-50(62,13-3)35(8)63-41/h14-18,21,25,31-35,37-41,43-44,57,62H,11-13,19-20,22-24,26-30H2,1-10H3,(H,54,58)(H,55,59)(H,60,61)/t31-,32-,33+,34+,35-,37+,38?,39+,40+,41+,43-,44+,48?,49-,50+,51+,52-,53-/m0/s1. The summed E-state index contributed by atoms with van der Waals surface area (Å²) in [5, 5.41) is 39.1. The summed E-state index contributed by atoms with van der Waals surface area (Å²) in [4.78, 5) is 54.0. The third-order valence-electron chi connectivity index (χ3n) is 17.8. The lowest BCUT2D eigenvalue weighted by molar-refractivity contribution is -0.398. The quantitative estimate of drug-likeness (QED) is 0.0911. The van der Waals surface area contributed by atoms with Crippen molar-refractivity contribution in [2.45, 2.75) is 211 Å². The molecule has 1 saturated carbocycles. The van der Waals surface area contributed by atoms with Crippen LogP contribution < -0.4 is 10.6 Å². The van der Waals surface area contributed by atoms with Crippen molar-refractivity contribution in [2.24, 2.45) is 40.9 Å². The monoisotopic (exact) mass is 937 g/mol. The Morgan fingerprint density at radius 3 is 2.21 bits per heavy atom. The number of Topliss-reactive ketones (excluding diaryl/α,β-unsaturated/α-hetero) is 1. The van der Waals surface area contributed by atoms with E-state index in [-0.39, 0.29) is 30.1 Å². The molecule has 3 spiro atoms. The third kappa shape index (κ3) is 9.43. The van der Waals surface area contributed by atoms with Crippen LogP contribution in [0.2, 0.25) is 0 Å². The minimum absolute atomic E-state index is 0.0691. The predicted molar refractivity (Wildman–Crippen MR) is 250 cm³/mol. The fourth-order valence-corrected chi connectivity index (χ4v) is 13.0. The van der Waals surface area contributed by atoms with E-state index < -0.39 is 106 Å². The zero-order chi connectivity index (χ0) is 48.9. The summed E-state index contributed by atoms with van der Waals surface area (Å²) < 4.78 is 34.8. The van der Waals surface area contributed by atoms with E-state index in [0.717, 1.165) is 12.0 Å². The number of aliphatic carboxylic acids is 1. The van der Waals surface area contributed by atoms with E-state index >= 15 is 0 Å². The van der Waals surface area contributed by atoms with Crippen molar-refractivity contribution in [2.75, 3.05) is 6.54 Å². The molecule has 5 heterocycles. The Labute approximate surface area is 398 Å². The molecule has 14 heteroatoms. The van der Waals surface area contributed by atoms with Crippen LogP contribution in [0.15, 0.2) is 42.5 Å². The number of rotatable bonds is 15. The number of amides is 2. The van der Waals surface area contributed by atoms with Gasteiger partial charge in [-0.05, 0) is 108 Å². The van der Waals surface area contributed by atoms with E-state index in [4.69, 9.17) is 23.7 Å². The first-order valence-corrected chi connectivity index (χ1v) is 25.5. The first-order chi connectivity index (χ1) is 31.6. The van der Waals surface area contributed by atoms with Gasteiger partial charge in [0.05, 0.1) is 53.2 Å². The van der Waals surface area contributed by atoms with Gasteiger partial charge in [0, 0.05) is 36.1 Å². The fourth-order valence-electron chi connectivity index (χ4n) is 13.0. The van der Waals surface area contributed by atoms with Gasteiger partial charge >= 0.3 is 17.8 Å². The molecule has 0 radical (unpaired) electrons. The van der Waals surface area contributed by atoms with Gasteiger partial charge in [-0.25, -0.2) is 0 Å². The Bertz CT molecular complexity index is 2000. The Kier molecular flexibility index (Phi) is 15.0. The number of aliphatic hydroxyl groups excluding tert-OH is 1. The molecular formula is C53H80N2O12. The Morgan fingerprint density at radius 1 is 0.866 bits per heavy atom. The van der Waals surface area contributed by atoms with Crippen LogP contribution in [0.5, 0.6) is 0 Å². The second kappa shape index (κ2) is 19.5. The van der Waals surface area contributed by atoms with Crippen molar-refractivity contribution >= 4 is 23.6 Å². The summed E-state index contributed by atoms with van der Waals surface area (Å²) in [6.07, 6.45) is 7.18. The maximum atomic E-state index is 14.9. The maximum Gasteiger partial charge on any atom is 0.309 e. The molecule has 1 aliphatic carbocycles. The Balaban J connectivity index is 1.12. The molecule has 18 atom stereocenters. The lowest BCUT2D eigenvalue weighted by Crippen LogP contribution is -2.66. The predicted octanol–water partition coefficient (Wildman–Crippen LogP) is 6.81. The highest BCUT2D eigenvalue weighted by Crippen LogP contribution is 2.68. The second-order valence-electron chi connectivity index (χ2n) is 21.9. The van der Waals surface area contributed by atoms with Crippen LogP contribution >= 0.6 is 0 Å². The lowest BCUT2D eigenvalue weighted by atomic mass is 9.72. The van der Waals surface area contributed by atoms with Gasteiger partial charge < -0.3 is 49.6 Å². The molecule has 2 unspecified atom stereocenters. The molecule has 7 rings (SSSR count). The topological polar surface area (TPSA) is 199 Å². The van der Waals surface area contributed by atoms with E-state index in [1.54, 1.807) is 6.92 Å². The number of ketones is 1. The number of hydrogen-bond donors (Lipinski definition) is 5. The highest BCUT2D eigenvalue weighted by molar-refractivity contribution is 6.35. The molecule has 14 nitrogen and oxygen atoms in total. The molecule has 4 saturated heterocycles. The summed E-state index contributed by atoms with van der Waals surface area (Å²) in [5.41, 5.74) is -2.28. The number of carboxylic acids is 1. The van der Waals surface area contributed by atoms with Crippen LogP contribution in [0.25, 0.3) is 0 Å². The van der Waals surface area contributed by atoms with Gasteiger partial charge in [-0.1, -0.05) is 91.8 Å². The average molecular weight is 937 g/mol. The maximum absolute atomic E-state index is 14.9. The molecule has 2 amide bonds. The average Bonchev–Trinajstić information content (AvgIpc) is 3.76. The molecule has 6 aliphatic rings. The van der Waals surface area contributed by atoms with Crippen molar-refractivity contribution in [3.63, 3.8) is 0 Å². The van der Waals surface area contributed by atoms with Gasteiger partial charge in [0.2, 0.25) is 0 Å². The third-order valence-corrected chi connectivity index (χ3v) is 17.8. The fraction of sp³-hybridized carbons (Fsp3) is 0.774. The molecular weight excluding hydrogens is 857 g/mol. The number of carbonyl (C=O) groups is 4. The van der Waals surface area contributed by atoms with Crippen molar-refractivity contribution < 1.29 is 58.2 Å². The molecule has 374 valence electrons. The van der Waals surface area contributed by atoms with E-state index in [1.807, 2.05) is 91.0 Å². The Morgan fingerprint density at radius 2 is 1.57 bits per heavy atom. The zero-order valence-electron chi connectivity index (χ0n) is 41.7. The molecule has 1 aromatic rings. The van der Waals surface area contributed by atoms with Crippen molar-refractivity contribution in [3.8, 4) is 0 Å². The van der Waals surface area contributed by atoms with Crippen LogP contribution in [0.3, 0.4) is 0 Å². The van der Waals surface area contributed by atoms with Gasteiger partial charge in [0.25, 0.3) is 0 Å². The highest BCUT2D eigenvalue weighted by atomic mass is 16.8. The summed E-state index contributed by atoms with van der Waals surface area (Å²) in [6, 6.07) is 8.80. The number of aliphatic hydroxyl groups is 2. The molecule has 67 heavy (non-hydrogen) atoms. The molecule has 5 N–H and O–H groups in total. The van der Waals surface area contributed by atoms with E-state index in [2.05, 4.69) is 24.5 Å². The van der Waals surface area contributed by atoms with Crippen LogP contribution in [-0.2, 0) is 49.3 Å². The number of ether oxygens (including phenoxy) is 5. The largest absolute Gasteiger partial charge is 0.481 e. The number of hydrogen-bond acceptors (Lipinski definition) is 11. The van der Waals surface area contributed by atoms with Gasteiger partial charge in [-0.3, -0.25) is 19.2 Å². The van der Waals surface area contributed by atoms with Crippen molar-refractivity contribution in [1.29, 1.82) is 0 Å². The molecule has 0 bridgehead atoms. The normalized spacial score (nSPS) is 42.2. The van der Waals surface area contributed by atoms with Gasteiger partial charge in [0.1, 0.15) is 11.8 Å². The molecule has 1 aromatic carbocycles. The summed E-state index contributed by atoms with van der Waals surface area (Å²) in [6.45, 7) is 19.9. The minimum atomic E-state index is -1.50. The molecule has 5 aliphatic heterocycles. The van der Waals surface area contributed by atoms with Crippen LogP contribution in [0.4, 0.5) is 0 Å². The van der Waals surface area contributed by atoms with Crippen LogP contribution in [0, 0.1) is 40.9 Å². The molecule has 5 fully saturated rings. The lowest BCUT2D eigenvalue weighted by Gasteiger charge is -2.55. The SMILES string of the molecule is CCC(C(=O)[C@@H](C)[C@@H](O)C1(C)C[C@]12O[C@@H]([C@@H](CC)C(=O)O)CC[C@@H]2C)[C@H]1O[C@]2(C=C[C@@H](NC(=O)C(=O)NCCc3ccccc3)[C@]3(CC[C@@](C)([C@H]4CC[C@](O)(CC)[C@H](C)O4)O3)O2)[C@H](C)C[C@@H]1C. The number of benzene rings is 1. The first-order valence-electron chi connectivity index (χ1n) is 25.5. The summed E-state index contributed by atoms with van der Waals surface area (Å²) >= 11 is 0. The van der Waals surface area contributed by atoms with E-state index in [0.29, 0.717) is 70.6 Å². The van der Waals surface area contributed by atoms with Crippen LogP contribution in [0.1, 0.15) is 145 Å². The first kappa shape index (κ1) is 51.6. The van der Waals surface area contributed by atoms with Crippen LogP contribution in [-0.4, -0.2) is 110 Å². The highest BCUT2D eigenvalue weighted by Gasteiger charge is 2.74. The van der Waals surface area contributed by atoms with Crippen molar-refractivity contribution in [3.05, 3.63) is 48.0 Å². The van der Waals surface area contributed by atoms with Crippen molar-refractivity contribution in [1.82, 2.24) is 10.6 Å². The minimum Gasteiger partial charge on any atom is -0.481 e. The van der Waals surface area contributed by atoms with E-state index in [1.165, 1.54) is 0 Å². The zero-order valence-corrected chi connectivity index (χ0v) is 41.7. The van der Waals surface area contributed by atoms with Gasteiger partial charge in [0.15, 0.2) is 11.6 Å². The Hall–Kier alpha value is -3.24. The van der Waals surface area contributed by atoms with E-state index in [9.17, 15) is 34.5 Å². The van der Waals surface area contributed by atoms with Gasteiger partial charge in [-0.15, -0.1) is 0 Å². The number of carbonyl (C=O) groups excluding carboxylic acids is 3. The number of nitrogens with one attached hydrogen (secondary N) is 2. The number of carboxylic acid groups (broad SMARTS) is 1. The van der Waals surface area contributed by atoms with Gasteiger partial charge in [-0.2, -0.15) is 0 Å². The second-order valence-corrected chi connectivity index (χ2v) is 21.9.